The van der Waals surface area contributed by atoms with Crippen molar-refractivity contribution in [2.24, 2.45) is 4.99 Å². The third-order valence-corrected chi connectivity index (χ3v) is 5.22. The number of thioether (sulfide) groups is 1. The Hall–Kier alpha value is -1.24. The summed E-state index contributed by atoms with van der Waals surface area (Å²) in [4.78, 5) is 30.0. The van der Waals surface area contributed by atoms with E-state index in [1.165, 1.54) is 11.8 Å². The molecule has 1 atom stereocenters. The summed E-state index contributed by atoms with van der Waals surface area (Å²) in [6.45, 7) is 1.25. The number of anilines is 1. The zero-order valence-corrected chi connectivity index (χ0v) is 13.1. The van der Waals surface area contributed by atoms with Crippen LogP contribution in [-0.2, 0) is 9.59 Å². The number of amidine groups is 1. The van der Waals surface area contributed by atoms with Crippen molar-refractivity contribution in [3.8, 4) is 0 Å². The minimum absolute atomic E-state index is 0.0522. The third kappa shape index (κ3) is 2.88. The molecule has 1 saturated heterocycles. The number of carbonyl (C=O) groups excluding carboxylic acids is 2. The highest BCUT2D eigenvalue weighted by Gasteiger charge is 2.40. The van der Waals surface area contributed by atoms with Crippen molar-refractivity contribution in [1.29, 1.82) is 0 Å². The second-order valence-electron chi connectivity index (χ2n) is 4.61. The number of carbonyl (C=O) groups is 2. The highest BCUT2D eigenvalue weighted by atomic mass is 35.5. The first-order valence-electron chi connectivity index (χ1n) is 6.32. The third-order valence-electron chi connectivity index (χ3n) is 3.19. The van der Waals surface area contributed by atoms with Crippen LogP contribution in [0, 0.1) is 0 Å². The molecule has 2 aliphatic heterocycles. The van der Waals surface area contributed by atoms with Gasteiger partial charge >= 0.3 is 0 Å². The molecular weight excluding hydrogens is 333 g/mol. The fourth-order valence-electron chi connectivity index (χ4n) is 2.18. The number of benzene rings is 1. The molecule has 0 radical (unpaired) electrons. The van der Waals surface area contributed by atoms with Crippen LogP contribution in [0.4, 0.5) is 5.69 Å². The van der Waals surface area contributed by atoms with Gasteiger partial charge in [-0.2, -0.15) is 0 Å². The number of amides is 2. The Morgan fingerprint density at radius 1 is 1.48 bits per heavy atom. The molecule has 0 aliphatic carbocycles. The first kappa shape index (κ1) is 14.7. The van der Waals surface area contributed by atoms with Gasteiger partial charge in [0.15, 0.2) is 5.17 Å². The van der Waals surface area contributed by atoms with E-state index in [1.807, 2.05) is 0 Å². The second kappa shape index (κ2) is 5.87. The molecule has 2 amide bonds. The SMILES string of the molecule is O=C(C[C@H]1SC2=NCCN2C1=O)Nc1cccc(Cl)c1Cl. The molecule has 0 spiro atoms. The van der Waals surface area contributed by atoms with Gasteiger partial charge in [-0.25, -0.2) is 0 Å². The van der Waals surface area contributed by atoms with Gasteiger partial charge in [0.25, 0.3) is 0 Å². The van der Waals surface area contributed by atoms with Crippen LogP contribution in [0.25, 0.3) is 0 Å². The molecule has 0 unspecified atom stereocenters. The number of fused-ring (bicyclic) bond motifs is 1. The van der Waals surface area contributed by atoms with E-state index in [1.54, 1.807) is 23.1 Å². The van der Waals surface area contributed by atoms with Crippen molar-refractivity contribution >= 4 is 57.6 Å². The molecule has 1 aromatic rings. The zero-order chi connectivity index (χ0) is 15.0. The van der Waals surface area contributed by atoms with Crippen LogP contribution in [-0.4, -0.2) is 40.2 Å². The summed E-state index contributed by atoms with van der Waals surface area (Å²) in [5.74, 6) is -0.324. The van der Waals surface area contributed by atoms with E-state index in [9.17, 15) is 9.59 Å². The summed E-state index contributed by atoms with van der Waals surface area (Å²) in [6.07, 6.45) is 0.0852. The average Bonchev–Trinajstić information content (AvgIpc) is 3.00. The van der Waals surface area contributed by atoms with Gasteiger partial charge in [0.2, 0.25) is 11.8 Å². The summed E-state index contributed by atoms with van der Waals surface area (Å²) in [5.41, 5.74) is 0.447. The van der Waals surface area contributed by atoms with Gasteiger partial charge in [-0.3, -0.25) is 19.5 Å². The minimum Gasteiger partial charge on any atom is -0.325 e. The largest absolute Gasteiger partial charge is 0.325 e. The summed E-state index contributed by atoms with van der Waals surface area (Å²) < 4.78 is 0. The maximum Gasteiger partial charge on any atom is 0.242 e. The zero-order valence-electron chi connectivity index (χ0n) is 10.8. The van der Waals surface area contributed by atoms with E-state index in [4.69, 9.17) is 23.2 Å². The summed E-state index contributed by atoms with van der Waals surface area (Å²) >= 11 is 13.2. The molecule has 3 rings (SSSR count). The van der Waals surface area contributed by atoms with E-state index in [2.05, 4.69) is 10.3 Å². The Morgan fingerprint density at radius 3 is 3.05 bits per heavy atom. The number of rotatable bonds is 3. The van der Waals surface area contributed by atoms with Crippen LogP contribution in [0.3, 0.4) is 0 Å². The van der Waals surface area contributed by atoms with Crippen molar-refractivity contribution < 1.29 is 9.59 Å². The molecule has 1 N–H and O–H groups in total. The first-order valence-corrected chi connectivity index (χ1v) is 7.96. The number of nitrogens with zero attached hydrogens (tertiary/aromatic N) is 2. The summed E-state index contributed by atoms with van der Waals surface area (Å²) in [7, 11) is 0. The maximum atomic E-state index is 12.1. The van der Waals surface area contributed by atoms with Crippen molar-refractivity contribution in [1.82, 2.24) is 4.90 Å². The van der Waals surface area contributed by atoms with Crippen LogP contribution in [0.15, 0.2) is 23.2 Å². The van der Waals surface area contributed by atoms with Crippen LogP contribution >= 0.6 is 35.0 Å². The lowest BCUT2D eigenvalue weighted by Crippen LogP contribution is -2.32. The molecule has 21 heavy (non-hydrogen) atoms. The van der Waals surface area contributed by atoms with Gasteiger partial charge < -0.3 is 5.32 Å². The van der Waals surface area contributed by atoms with Crippen molar-refractivity contribution in [3.63, 3.8) is 0 Å². The van der Waals surface area contributed by atoms with Crippen LogP contribution < -0.4 is 5.32 Å². The van der Waals surface area contributed by atoms with Crippen LogP contribution in [0.5, 0.6) is 0 Å². The Balaban J connectivity index is 1.65. The average molecular weight is 344 g/mol. The number of aliphatic imine (C=N–C) groups is 1. The van der Waals surface area contributed by atoms with Crippen LogP contribution in [0.2, 0.25) is 10.0 Å². The van der Waals surface area contributed by atoms with Crippen LogP contribution in [0.1, 0.15) is 6.42 Å². The molecular formula is C13H11Cl2N3O2S. The van der Waals surface area contributed by atoms with Gasteiger partial charge in [0.1, 0.15) is 5.25 Å². The molecule has 5 nitrogen and oxygen atoms in total. The smallest absolute Gasteiger partial charge is 0.242 e. The van der Waals surface area contributed by atoms with E-state index < -0.39 is 5.25 Å². The van der Waals surface area contributed by atoms with Crippen molar-refractivity contribution in [3.05, 3.63) is 28.2 Å². The summed E-state index contributed by atoms with van der Waals surface area (Å²) in [6, 6.07) is 5.00. The minimum atomic E-state index is -0.415. The second-order valence-corrected chi connectivity index (χ2v) is 6.57. The Kier molecular flexibility index (Phi) is 4.10. The van der Waals surface area contributed by atoms with Crippen molar-refractivity contribution in [2.45, 2.75) is 11.7 Å². The summed E-state index contributed by atoms with van der Waals surface area (Å²) in [5, 5.41) is 3.66. The number of hydrogen-bond acceptors (Lipinski definition) is 4. The lowest BCUT2D eigenvalue weighted by molar-refractivity contribution is -0.127. The Labute approximate surface area is 135 Å². The Morgan fingerprint density at radius 2 is 2.29 bits per heavy atom. The normalized spacial score (nSPS) is 20.5. The molecule has 2 heterocycles. The van der Waals surface area contributed by atoms with E-state index in [0.29, 0.717) is 28.8 Å². The highest BCUT2D eigenvalue weighted by molar-refractivity contribution is 8.15. The number of halogens is 2. The molecule has 1 fully saturated rings. The molecule has 0 bridgehead atoms. The number of hydrogen-bond donors (Lipinski definition) is 1. The van der Waals surface area contributed by atoms with E-state index in [0.717, 1.165) is 5.17 Å². The fourth-order valence-corrected chi connectivity index (χ4v) is 3.72. The number of nitrogens with one attached hydrogen (secondary N) is 1. The fraction of sp³-hybridized carbons (Fsp3) is 0.308. The molecule has 8 heteroatoms. The highest BCUT2D eigenvalue weighted by Crippen LogP contribution is 2.33. The predicted molar refractivity (Wildman–Crippen MR) is 85.1 cm³/mol. The lowest BCUT2D eigenvalue weighted by atomic mass is 10.2. The quantitative estimate of drug-likeness (QED) is 0.917. The standard InChI is InChI=1S/C13H11Cl2N3O2S/c14-7-2-1-3-8(11(7)15)17-10(19)6-9-12(20)18-5-4-16-13(18)21-9/h1-3,9H,4-6H2,(H,17,19)/t9-/m1/s1. The molecule has 0 aromatic heterocycles. The molecule has 1 aromatic carbocycles. The van der Waals surface area contributed by atoms with Crippen molar-refractivity contribution in [2.75, 3.05) is 18.4 Å². The Bertz CT molecular complexity index is 650. The topological polar surface area (TPSA) is 61.8 Å². The molecule has 0 saturated carbocycles. The van der Waals surface area contributed by atoms with E-state index >= 15 is 0 Å². The van der Waals surface area contributed by atoms with Gasteiger partial charge in [-0.15, -0.1) is 0 Å². The molecule has 2 aliphatic rings. The monoisotopic (exact) mass is 343 g/mol. The van der Waals surface area contributed by atoms with E-state index in [-0.39, 0.29) is 18.2 Å². The van der Waals surface area contributed by atoms with Gasteiger partial charge in [-0.05, 0) is 12.1 Å². The maximum absolute atomic E-state index is 12.1. The van der Waals surface area contributed by atoms with Gasteiger partial charge in [0, 0.05) is 13.0 Å². The molecule has 110 valence electrons. The lowest BCUT2D eigenvalue weighted by Gasteiger charge is -2.11. The van der Waals surface area contributed by atoms with Gasteiger partial charge in [-0.1, -0.05) is 41.0 Å². The first-order chi connectivity index (χ1) is 10.1. The predicted octanol–water partition coefficient (Wildman–Crippen LogP) is 2.64. The van der Waals surface area contributed by atoms with Gasteiger partial charge in [0.05, 0.1) is 22.3 Å².